The number of hydrogen-bond donors (Lipinski definition) is 0. The summed E-state index contributed by atoms with van der Waals surface area (Å²) in [4.78, 5) is 25.3. The van der Waals surface area contributed by atoms with Gasteiger partial charge in [0.05, 0.1) is 0 Å². The topological polar surface area (TPSA) is 80.8 Å². The highest BCUT2D eigenvalue weighted by atomic mass is 32.2. The van der Waals surface area contributed by atoms with Crippen molar-refractivity contribution in [3.05, 3.63) is 113 Å². The SMILES string of the molecule is O=C(COC(=O)C1Cc2ccccc2CN1S(=O)(=O)C=Cc1ccccc1)c1ccccc1. The van der Waals surface area contributed by atoms with Gasteiger partial charge < -0.3 is 4.74 Å². The molecule has 33 heavy (non-hydrogen) atoms. The maximum Gasteiger partial charge on any atom is 0.325 e. The van der Waals surface area contributed by atoms with Gasteiger partial charge in [-0.05, 0) is 22.8 Å². The summed E-state index contributed by atoms with van der Waals surface area (Å²) in [6.45, 7) is -0.404. The van der Waals surface area contributed by atoms with E-state index in [4.69, 9.17) is 4.74 Å². The standard InChI is InChI=1S/C26H23NO5S/c28-25(21-11-5-2-6-12-21)19-32-26(29)24-17-22-13-7-8-14-23(22)18-27(24)33(30,31)16-15-20-9-3-1-4-10-20/h1-16,24H,17-19H2. The molecule has 168 valence electrons. The average molecular weight is 462 g/mol. The van der Waals surface area contributed by atoms with E-state index in [1.165, 1.54) is 6.08 Å². The summed E-state index contributed by atoms with van der Waals surface area (Å²) in [5, 5.41) is 1.10. The van der Waals surface area contributed by atoms with E-state index in [1.807, 2.05) is 42.5 Å². The molecule has 7 heteroatoms. The number of carbonyl (C=O) groups is 2. The Kier molecular flexibility index (Phi) is 6.82. The Morgan fingerprint density at radius 1 is 0.879 bits per heavy atom. The van der Waals surface area contributed by atoms with Gasteiger partial charge >= 0.3 is 5.97 Å². The summed E-state index contributed by atoms with van der Waals surface area (Å²) >= 11 is 0. The Balaban J connectivity index is 1.56. The van der Waals surface area contributed by atoms with Crippen molar-refractivity contribution in [1.29, 1.82) is 0 Å². The maximum absolute atomic E-state index is 13.2. The molecule has 0 bridgehead atoms. The minimum Gasteiger partial charge on any atom is -0.456 e. The Morgan fingerprint density at radius 3 is 2.18 bits per heavy atom. The van der Waals surface area contributed by atoms with Crippen LogP contribution in [0.2, 0.25) is 0 Å². The second kappa shape index (κ2) is 9.94. The van der Waals surface area contributed by atoms with Gasteiger partial charge in [0.25, 0.3) is 0 Å². The molecule has 0 amide bonds. The first-order valence-electron chi connectivity index (χ1n) is 10.5. The second-order valence-electron chi connectivity index (χ2n) is 7.69. The van der Waals surface area contributed by atoms with E-state index >= 15 is 0 Å². The monoisotopic (exact) mass is 461 g/mol. The van der Waals surface area contributed by atoms with E-state index in [2.05, 4.69) is 0 Å². The van der Waals surface area contributed by atoms with Crippen molar-refractivity contribution in [2.75, 3.05) is 6.61 Å². The van der Waals surface area contributed by atoms with Gasteiger partial charge in [-0.3, -0.25) is 9.59 Å². The molecular formula is C26H23NO5S. The summed E-state index contributed by atoms with van der Waals surface area (Å²) in [6.07, 6.45) is 1.67. The number of ketones is 1. The number of ether oxygens (including phenoxy) is 1. The van der Waals surface area contributed by atoms with Crippen molar-refractivity contribution in [2.45, 2.75) is 19.0 Å². The van der Waals surface area contributed by atoms with E-state index in [0.717, 1.165) is 26.4 Å². The maximum atomic E-state index is 13.2. The van der Waals surface area contributed by atoms with E-state index < -0.39 is 28.6 Å². The van der Waals surface area contributed by atoms with Crippen molar-refractivity contribution in [2.24, 2.45) is 0 Å². The van der Waals surface area contributed by atoms with Crippen LogP contribution < -0.4 is 0 Å². The molecule has 0 spiro atoms. The third-order valence-electron chi connectivity index (χ3n) is 5.48. The molecule has 0 radical (unpaired) electrons. The van der Waals surface area contributed by atoms with Crippen molar-refractivity contribution in [3.8, 4) is 0 Å². The Hall–Kier alpha value is -3.55. The van der Waals surface area contributed by atoms with Crippen molar-refractivity contribution >= 4 is 27.9 Å². The lowest BCUT2D eigenvalue weighted by Crippen LogP contribution is -2.48. The van der Waals surface area contributed by atoms with Gasteiger partial charge in [-0.2, -0.15) is 4.31 Å². The minimum absolute atomic E-state index is 0.0457. The lowest BCUT2D eigenvalue weighted by Gasteiger charge is -2.33. The Morgan fingerprint density at radius 2 is 1.48 bits per heavy atom. The number of fused-ring (bicyclic) bond motifs is 1. The summed E-state index contributed by atoms with van der Waals surface area (Å²) < 4.78 is 32.8. The lowest BCUT2D eigenvalue weighted by molar-refractivity contribution is -0.147. The van der Waals surface area contributed by atoms with Crippen LogP contribution in [0.1, 0.15) is 27.0 Å². The normalized spacial score (nSPS) is 16.3. The van der Waals surface area contributed by atoms with Crippen LogP contribution in [-0.2, 0) is 32.5 Å². The molecule has 1 unspecified atom stereocenters. The second-order valence-corrected chi connectivity index (χ2v) is 9.46. The largest absolute Gasteiger partial charge is 0.456 e. The third kappa shape index (κ3) is 5.45. The average Bonchev–Trinajstić information content (AvgIpc) is 2.86. The van der Waals surface area contributed by atoms with Crippen LogP contribution in [-0.4, -0.2) is 37.1 Å². The van der Waals surface area contributed by atoms with Gasteiger partial charge in [0.2, 0.25) is 10.0 Å². The quantitative estimate of drug-likeness (QED) is 0.395. The fraction of sp³-hybridized carbons (Fsp3) is 0.154. The Bertz CT molecular complexity index is 1270. The fourth-order valence-electron chi connectivity index (χ4n) is 3.71. The smallest absolute Gasteiger partial charge is 0.325 e. The van der Waals surface area contributed by atoms with Gasteiger partial charge in [0, 0.05) is 23.9 Å². The summed E-state index contributed by atoms with van der Waals surface area (Å²) in [5.74, 6) is -1.09. The zero-order valence-electron chi connectivity index (χ0n) is 17.8. The molecule has 0 fully saturated rings. The summed E-state index contributed by atoms with van der Waals surface area (Å²) in [7, 11) is -3.94. The molecule has 0 saturated carbocycles. The zero-order chi connectivity index (χ0) is 23.3. The molecule has 4 rings (SSSR count). The molecule has 1 heterocycles. The molecule has 3 aromatic carbocycles. The molecule has 0 saturated heterocycles. The van der Waals surface area contributed by atoms with Crippen molar-refractivity contribution < 1.29 is 22.7 Å². The predicted molar refractivity (Wildman–Crippen MR) is 126 cm³/mol. The first-order valence-corrected chi connectivity index (χ1v) is 12.0. The predicted octanol–water partition coefficient (Wildman–Crippen LogP) is 3.84. The van der Waals surface area contributed by atoms with Gasteiger partial charge in [-0.25, -0.2) is 8.42 Å². The van der Waals surface area contributed by atoms with E-state index in [-0.39, 0.29) is 18.7 Å². The van der Waals surface area contributed by atoms with Crippen LogP contribution in [0.25, 0.3) is 6.08 Å². The van der Waals surface area contributed by atoms with Crippen LogP contribution in [0.15, 0.2) is 90.3 Å². The molecule has 1 atom stereocenters. The summed E-state index contributed by atoms with van der Waals surface area (Å²) in [6, 6.07) is 23.9. The van der Waals surface area contributed by atoms with Crippen LogP contribution in [0, 0.1) is 0 Å². The van der Waals surface area contributed by atoms with Crippen LogP contribution >= 0.6 is 0 Å². The molecule has 0 aromatic heterocycles. The zero-order valence-corrected chi connectivity index (χ0v) is 18.6. The molecular weight excluding hydrogens is 438 g/mol. The van der Waals surface area contributed by atoms with E-state index in [1.54, 1.807) is 42.5 Å². The van der Waals surface area contributed by atoms with Crippen LogP contribution in [0.4, 0.5) is 0 Å². The highest BCUT2D eigenvalue weighted by molar-refractivity contribution is 7.92. The number of benzene rings is 3. The Labute approximate surface area is 193 Å². The molecule has 0 N–H and O–H groups in total. The number of esters is 1. The first-order chi connectivity index (χ1) is 15.9. The van der Waals surface area contributed by atoms with Gasteiger partial charge in [-0.15, -0.1) is 0 Å². The molecule has 3 aromatic rings. The third-order valence-corrected chi connectivity index (χ3v) is 7.00. The fourth-order valence-corrected chi connectivity index (χ4v) is 5.03. The highest BCUT2D eigenvalue weighted by Crippen LogP contribution is 2.27. The number of sulfonamides is 1. The summed E-state index contributed by atoms with van der Waals surface area (Å²) in [5.41, 5.74) is 2.87. The van der Waals surface area contributed by atoms with Gasteiger partial charge in [-0.1, -0.05) is 84.9 Å². The number of carbonyl (C=O) groups excluding carboxylic acids is 2. The van der Waals surface area contributed by atoms with Gasteiger partial charge in [0.1, 0.15) is 6.04 Å². The molecule has 0 aliphatic carbocycles. The van der Waals surface area contributed by atoms with Gasteiger partial charge in [0.15, 0.2) is 12.4 Å². The van der Waals surface area contributed by atoms with Crippen molar-refractivity contribution in [1.82, 2.24) is 4.31 Å². The lowest BCUT2D eigenvalue weighted by atomic mass is 9.96. The highest BCUT2D eigenvalue weighted by Gasteiger charge is 2.39. The van der Waals surface area contributed by atoms with E-state index in [0.29, 0.717) is 5.56 Å². The van der Waals surface area contributed by atoms with Crippen LogP contribution in [0.3, 0.4) is 0 Å². The minimum atomic E-state index is -3.94. The number of hydrogen-bond acceptors (Lipinski definition) is 5. The first kappa shape index (κ1) is 22.6. The number of Topliss-reactive ketones (excluding diaryl/α,β-unsaturated/α-hetero) is 1. The molecule has 1 aliphatic rings. The van der Waals surface area contributed by atoms with Crippen molar-refractivity contribution in [3.63, 3.8) is 0 Å². The number of rotatable bonds is 7. The number of nitrogens with zero attached hydrogens (tertiary/aromatic N) is 1. The van der Waals surface area contributed by atoms with Crippen LogP contribution in [0.5, 0.6) is 0 Å². The van der Waals surface area contributed by atoms with E-state index in [9.17, 15) is 18.0 Å². The molecule has 1 aliphatic heterocycles. The molecule has 6 nitrogen and oxygen atoms in total.